The number of ether oxygens (including phenoxy) is 1. The van der Waals surface area contributed by atoms with Crippen LogP contribution in [0.25, 0.3) is 16.7 Å². The third-order valence-corrected chi connectivity index (χ3v) is 5.86. The van der Waals surface area contributed by atoms with Gasteiger partial charge in [0.2, 0.25) is 5.95 Å². The van der Waals surface area contributed by atoms with Crippen LogP contribution >= 0.6 is 11.6 Å². The summed E-state index contributed by atoms with van der Waals surface area (Å²) in [7, 11) is 3.75. The van der Waals surface area contributed by atoms with Gasteiger partial charge in [0, 0.05) is 24.7 Å². The number of aromatic nitrogens is 3. The van der Waals surface area contributed by atoms with E-state index in [1.807, 2.05) is 12.1 Å². The summed E-state index contributed by atoms with van der Waals surface area (Å²) >= 11 is 6.39. The molecule has 0 radical (unpaired) electrons. The first-order chi connectivity index (χ1) is 15.0. The lowest BCUT2D eigenvalue weighted by molar-refractivity contribution is 0.312. The summed E-state index contributed by atoms with van der Waals surface area (Å²) in [6.07, 6.45) is 3.88. The average molecular weight is 438 g/mol. The zero-order valence-corrected chi connectivity index (χ0v) is 17.9. The number of hydrogen-bond donors (Lipinski definition) is 1. The molecule has 0 saturated heterocycles. The van der Waals surface area contributed by atoms with Crippen LogP contribution < -0.4 is 10.1 Å². The van der Waals surface area contributed by atoms with Gasteiger partial charge in [-0.25, -0.2) is 9.37 Å². The van der Waals surface area contributed by atoms with Crippen LogP contribution in [-0.2, 0) is 13.0 Å². The number of rotatable bonds is 4. The molecular weight excluding hydrogens is 417 g/mol. The lowest BCUT2D eigenvalue weighted by Crippen LogP contribution is -2.26. The summed E-state index contributed by atoms with van der Waals surface area (Å²) in [6, 6.07) is 11.3. The van der Waals surface area contributed by atoms with Crippen LogP contribution in [-0.4, -0.2) is 40.1 Å². The van der Waals surface area contributed by atoms with Crippen molar-refractivity contribution in [2.75, 3.05) is 26.0 Å². The van der Waals surface area contributed by atoms with Gasteiger partial charge >= 0.3 is 0 Å². The van der Waals surface area contributed by atoms with E-state index in [-0.39, 0.29) is 5.82 Å². The highest BCUT2D eigenvalue weighted by Crippen LogP contribution is 2.34. The highest BCUT2D eigenvalue weighted by molar-refractivity contribution is 6.32. The number of likely N-dealkylation sites (N-methyl/N-ethyl adjacent to an activating group) is 1. The number of halogens is 2. The van der Waals surface area contributed by atoms with E-state index in [4.69, 9.17) is 16.3 Å². The zero-order chi connectivity index (χ0) is 21.5. The maximum atomic E-state index is 14.4. The minimum Gasteiger partial charge on any atom is -0.495 e. The zero-order valence-electron chi connectivity index (χ0n) is 17.2. The SMILES string of the molecule is COc1cc2c(cc1Nc1ncc(Cl)c(-n3cc(F)c4ccccc43)n1)CN(C)CC2. The van der Waals surface area contributed by atoms with E-state index < -0.39 is 0 Å². The molecule has 0 fully saturated rings. The Hall–Kier alpha value is -3.16. The lowest BCUT2D eigenvalue weighted by atomic mass is 9.99. The molecule has 8 heteroatoms. The van der Waals surface area contributed by atoms with E-state index in [2.05, 4.69) is 39.4 Å². The molecule has 5 rings (SSSR count). The number of hydrogen-bond acceptors (Lipinski definition) is 5. The summed E-state index contributed by atoms with van der Waals surface area (Å²) in [4.78, 5) is 11.2. The maximum absolute atomic E-state index is 14.4. The van der Waals surface area contributed by atoms with Crippen LogP contribution in [0.15, 0.2) is 48.8 Å². The number of fused-ring (bicyclic) bond motifs is 2. The smallest absolute Gasteiger partial charge is 0.229 e. The molecule has 31 heavy (non-hydrogen) atoms. The number of nitrogens with zero attached hydrogens (tertiary/aromatic N) is 4. The van der Waals surface area contributed by atoms with E-state index in [1.54, 1.807) is 23.8 Å². The Morgan fingerprint density at radius 1 is 1.19 bits per heavy atom. The predicted octanol–water partition coefficient (Wildman–Crippen LogP) is 4.95. The summed E-state index contributed by atoms with van der Waals surface area (Å²) in [6.45, 7) is 1.89. The molecule has 1 aliphatic rings. The molecule has 6 nitrogen and oxygen atoms in total. The molecule has 3 heterocycles. The van der Waals surface area contributed by atoms with Crippen molar-refractivity contribution >= 4 is 34.1 Å². The van der Waals surface area contributed by atoms with Gasteiger partial charge in [0.25, 0.3) is 0 Å². The number of anilines is 2. The Kier molecular flexibility index (Phi) is 5.00. The monoisotopic (exact) mass is 437 g/mol. The molecule has 2 aromatic carbocycles. The van der Waals surface area contributed by atoms with Crippen LogP contribution in [0.2, 0.25) is 5.02 Å². The standard InChI is InChI=1S/C23H21ClFN5O/c1-29-8-7-14-10-21(31-2)19(9-15(14)12-29)27-23-26-11-17(24)22(28-23)30-13-18(25)16-5-3-4-6-20(16)30/h3-6,9-11,13H,7-8,12H2,1-2H3,(H,26,27,28). The van der Waals surface area contributed by atoms with Crippen molar-refractivity contribution in [1.82, 2.24) is 19.4 Å². The number of para-hydroxylation sites is 1. The first kappa shape index (κ1) is 19.8. The fourth-order valence-corrected chi connectivity index (χ4v) is 4.20. The molecule has 158 valence electrons. The van der Waals surface area contributed by atoms with Gasteiger partial charge in [-0.05, 0) is 48.9 Å². The molecule has 0 atom stereocenters. The Balaban J connectivity index is 1.55. The molecule has 0 saturated carbocycles. The minimum atomic E-state index is -0.333. The van der Waals surface area contributed by atoms with Crippen LogP contribution in [0.3, 0.4) is 0 Å². The Labute approximate surface area is 184 Å². The van der Waals surface area contributed by atoms with Crippen LogP contribution in [0.5, 0.6) is 5.75 Å². The van der Waals surface area contributed by atoms with Crippen molar-refractivity contribution in [3.63, 3.8) is 0 Å². The summed E-state index contributed by atoms with van der Waals surface area (Å²) < 4.78 is 21.7. The predicted molar refractivity (Wildman–Crippen MR) is 120 cm³/mol. The topological polar surface area (TPSA) is 55.2 Å². The summed E-state index contributed by atoms with van der Waals surface area (Å²) in [5.74, 6) is 1.14. The largest absolute Gasteiger partial charge is 0.495 e. The molecule has 0 spiro atoms. The molecule has 0 bridgehead atoms. The first-order valence-electron chi connectivity index (χ1n) is 9.97. The van der Waals surface area contributed by atoms with Crippen LogP contribution in [0.4, 0.5) is 16.0 Å². The fraction of sp³-hybridized carbons (Fsp3) is 0.217. The quantitative estimate of drug-likeness (QED) is 0.489. The summed E-state index contributed by atoms with van der Waals surface area (Å²) in [5, 5.41) is 4.08. The van der Waals surface area contributed by atoms with Crippen LogP contribution in [0, 0.1) is 5.82 Å². The molecule has 0 aliphatic carbocycles. The molecule has 2 aromatic heterocycles. The lowest BCUT2D eigenvalue weighted by Gasteiger charge is -2.26. The third-order valence-electron chi connectivity index (χ3n) is 5.59. The van der Waals surface area contributed by atoms with Gasteiger partial charge in [-0.1, -0.05) is 23.7 Å². The van der Waals surface area contributed by atoms with Gasteiger partial charge in [-0.15, -0.1) is 0 Å². The molecule has 1 N–H and O–H groups in total. The fourth-order valence-electron chi connectivity index (χ4n) is 4.02. The van der Waals surface area contributed by atoms with Gasteiger partial charge in [0.05, 0.1) is 24.5 Å². The van der Waals surface area contributed by atoms with Crippen molar-refractivity contribution in [1.29, 1.82) is 0 Å². The molecule has 4 aromatic rings. The highest BCUT2D eigenvalue weighted by Gasteiger charge is 2.18. The summed E-state index contributed by atoms with van der Waals surface area (Å²) in [5.41, 5.74) is 3.98. The normalized spacial score (nSPS) is 13.9. The minimum absolute atomic E-state index is 0.324. The second-order valence-corrected chi connectivity index (χ2v) is 8.07. The van der Waals surface area contributed by atoms with E-state index in [9.17, 15) is 4.39 Å². The molecular formula is C23H21ClFN5O. The molecule has 0 amide bonds. The van der Waals surface area contributed by atoms with Gasteiger partial charge in [0.15, 0.2) is 5.82 Å². The first-order valence-corrected chi connectivity index (χ1v) is 10.3. The van der Waals surface area contributed by atoms with E-state index >= 15 is 0 Å². The van der Waals surface area contributed by atoms with Crippen molar-refractivity contribution in [3.8, 4) is 11.6 Å². The van der Waals surface area contributed by atoms with Gasteiger partial charge in [-0.2, -0.15) is 4.98 Å². The van der Waals surface area contributed by atoms with Gasteiger partial charge in [-0.3, -0.25) is 4.57 Å². The van der Waals surface area contributed by atoms with E-state index in [1.165, 1.54) is 23.5 Å². The van der Waals surface area contributed by atoms with Gasteiger partial charge < -0.3 is 15.0 Å². The van der Waals surface area contributed by atoms with Crippen molar-refractivity contribution in [3.05, 3.63) is 70.8 Å². The Morgan fingerprint density at radius 2 is 2.03 bits per heavy atom. The Morgan fingerprint density at radius 3 is 2.87 bits per heavy atom. The number of nitrogens with one attached hydrogen (secondary N) is 1. The molecule has 0 unspecified atom stereocenters. The molecule has 1 aliphatic heterocycles. The van der Waals surface area contributed by atoms with Crippen molar-refractivity contribution in [2.45, 2.75) is 13.0 Å². The number of benzene rings is 2. The van der Waals surface area contributed by atoms with E-state index in [0.717, 1.165) is 30.9 Å². The van der Waals surface area contributed by atoms with Crippen molar-refractivity contribution < 1.29 is 9.13 Å². The average Bonchev–Trinajstić information content (AvgIpc) is 3.11. The third kappa shape index (κ3) is 3.60. The maximum Gasteiger partial charge on any atom is 0.229 e. The second kappa shape index (κ2) is 7.83. The van der Waals surface area contributed by atoms with E-state index in [0.29, 0.717) is 27.7 Å². The number of methoxy groups -OCH3 is 1. The van der Waals surface area contributed by atoms with Gasteiger partial charge in [0.1, 0.15) is 16.6 Å². The highest BCUT2D eigenvalue weighted by atomic mass is 35.5. The Bertz CT molecular complexity index is 1290. The van der Waals surface area contributed by atoms with Crippen LogP contribution in [0.1, 0.15) is 11.1 Å². The van der Waals surface area contributed by atoms with Crippen molar-refractivity contribution in [2.24, 2.45) is 0 Å². The second-order valence-electron chi connectivity index (χ2n) is 7.66.